The fourth-order valence-corrected chi connectivity index (χ4v) is 2.89. The van der Waals surface area contributed by atoms with Gasteiger partial charge in [0.2, 0.25) is 0 Å². The van der Waals surface area contributed by atoms with E-state index in [4.69, 9.17) is 0 Å². The minimum atomic E-state index is -0.220. The summed E-state index contributed by atoms with van der Waals surface area (Å²) in [4.78, 5) is 4.61. The Morgan fingerprint density at radius 3 is 2.74 bits per heavy atom. The summed E-state index contributed by atoms with van der Waals surface area (Å²) < 4.78 is 15.4. The number of hydrogen-bond donors (Lipinski definition) is 2. The lowest BCUT2D eigenvalue weighted by molar-refractivity contribution is 0.625. The van der Waals surface area contributed by atoms with Crippen molar-refractivity contribution in [2.75, 3.05) is 12.8 Å². The molecule has 27 heavy (non-hydrogen) atoms. The van der Waals surface area contributed by atoms with E-state index >= 15 is 0 Å². The van der Waals surface area contributed by atoms with Gasteiger partial charge in [0.25, 0.3) is 0 Å². The largest absolute Gasteiger partial charge is 0.353 e. The predicted octanol–water partition coefficient (Wildman–Crippen LogP) is 3.17. The predicted molar refractivity (Wildman–Crippen MR) is 121 cm³/mol. The first kappa shape index (κ1) is 23.4. The van der Waals surface area contributed by atoms with Gasteiger partial charge in [0.15, 0.2) is 11.8 Å². The number of guanidine groups is 1. The van der Waals surface area contributed by atoms with Gasteiger partial charge in [-0.05, 0) is 36.4 Å². The number of nitrogens with zero attached hydrogens (tertiary/aromatic N) is 4. The minimum Gasteiger partial charge on any atom is -0.353 e. The summed E-state index contributed by atoms with van der Waals surface area (Å²) in [6.45, 7) is 7.17. The molecule has 9 heteroatoms. The number of benzene rings is 1. The normalized spacial score (nSPS) is 11.0. The highest BCUT2D eigenvalue weighted by Crippen LogP contribution is 2.17. The van der Waals surface area contributed by atoms with Crippen molar-refractivity contribution >= 4 is 41.7 Å². The second-order valence-electron chi connectivity index (χ2n) is 5.76. The summed E-state index contributed by atoms with van der Waals surface area (Å²) in [6, 6.07) is 4.84. The van der Waals surface area contributed by atoms with Gasteiger partial charge >= 0.3 is 0 Å². The molecule has 0 atom stereocenters. The summed E-state index contributed by atoms with van der Waals surface area (Å²) in [6.07, 6.45) is 3.76. The average Bonchev–Trinajstić information content (AvgIpc) is 2.94. The van der Waals surface area contributed by atoms with Crippen molar-refractivity contribution in [1.29, 1.82) is 0 Å². The topological polar surface area (TPSA) is 67.1 Å². The van der Waals surface area contributed by atoms with Crippen LogP contribution >= 0.6 is 35.7 Å². The third-order valence-corrected chi connectivity index (χ3v) is 4.49. The zero-order valence-corrected chi connectivity index (χ0v) is 19.0. The molecule has 0 radical (unpaired) electrons. The van der Waals surface area contributed by atoms with Gasteiger partial charge in [-0.2, -0.15) is 11.8 Å². The van der Waals surface area contributed by atoms with E-state index in [0.717, 1.165) is 28.5 Å². The van der Waals surface area contributed by atoms with E-state index in [-0.39, 0.29) is 29.8 Å². The molecule has 6 nitrogen and oxygen atoms in total. The number of aromatic nitrogens is 3. The molecule has 2 N–H and O–H groups in total. The standard InChI is InChI=1S/C18H25FN6S.HI/c1-5-8-20-18(22-11-17-24-23-13(2)25(17)3)21-10-14-6-7-16(19)9-15(14)12-26-4;/h5-7,9H,1,8,10-12H2,2-4H3,(H2,20,21,22);1H. The van der Waals surface area contributed by atoms with Gasteiger partial charge in [-0.1, -0.05) is 12.1 Å². The monoisotopic (exact) mass is 504 g/mol. The maximum Gasteiger partial charge on any atom is 0.192 e. The van der Waals surface area contributed by atoms with Crippen LogP contribution < -0.4 is 10.6 Å². The Hall–Kier alpha value is -1.62. The molecule has 0 amide bonds. The Labute approximate surface area is 181 Å². The first-order valence-corrected chi connectivity index (χ1v) is 9.68. The molecule has 0 saturated carbocycles. The molecule has 1 aromatic heterocycles. The molecule has 0 aliphatic rings. The van der Waals surface area contributed by atoms with Crippen LogP contribution in [-0.4, -0.2) is 33.5 Å². The van der Waals surface area contributed by atoms with Crippen LogP contribution in [0.4, 0.5) is 4.39 Å². The fraction of sp³-hybridized carbons (Fsp3) is 0.389. The molecule has 0 fully saturated rings. The smallest absolute Gasteiger partial charge is 0.192 e. The highest BCUT2D eigenvalue weighted by molar-refractivity contribution is 14.0. The number of nitrogens with one attached hydrogen (secondary N) is 2. The van der Waals surface area contributed by atoms with Gasteiger partial charge < -0.3 is 15.2 Å². The van der Waals surface area contributed by atoms with Crippen LogP contribution in [-0.2, 0) is 25.9 Å². The molecule has 1 aromatic carbocycles. The van der Waals surface area contributed by atoms with Crippen LogP contribution in [0, 0.1) is 12.7 Å². The molecule has 2 aromatic rings. The van der Waals surface area contributed by atoms with Crippen molar-refractivity contribution in [3.63, 3.8) is 0 Å². The van der Waals surface area contributed by atoms with E-state index in [2.05, 4.69) is 32.4 Å². The van der Waals surface area contributed by atoms with Gasteiger partial charge in [0, 0.05) is 19.3 Å². The Balaban J connectivity index is 0.00000364. The highest BCUT2D eigenvalue weighted by atomic mass is 127. The first-order valence-electron chi connectivity index (χ1n) is 8.29. The highest BCUT2D eigenvalue weighted by Gasteiger charge is 2.07. The van der Waals surface area contributed by atoms with Crippen LogP contribution in [0.3, 0.4) is 0 Å². The quantitative estimate of drug-likeness (QED) is 0.250. The number of aliphatic imine (C=N–C) groups is 1. The molecule has 0 bridgehead atoms. The molecule has 148 valence electrons. The second kappa shape index (κ2) is 12.0. The minimum absolute atomic E-state index is 0. The summed E-state index contributed by atoms with van der Waals surface area (Å²) in [5.41, 5.74) is 1.98. The average molecular weight is 504 g/mol. The van der Waals surface area contributed by atoms with Crippen LogP contribution in [0.15, 0.2) is 35.8 Å². The van der Waals surface area contributed by atoms with Crippen molar-refractivity contribution in [2.45, 2.75) is 25.8 Å². The van der Waals surface area contributed by atoms with E-state index in [1.165, 1.54) is 6.07 Å². The zero-order valence-electron chi connectivity index (χ0n) is 15.8. The maximum absolute atomic E-state index is 13.5. The molecular formula is C18H26FIN6S. The van der Waals surface area contributed by atoms with E-state index in [0.29, 0.717) is 25.6 Å². The third kappa shape index (κ3) is 7.13. The lowest BCUT2D eigenvalue weighted by atomic mass is 10.1. The molecule has 1 heterocycles. The van der Waals surface area contributed by atoms with Crippen molar-refractivity contribution in [3.8, 4) is 0 Å². The number of rotatable bonds is 8. The molecule has 0 spiro atoms. The van der Waals surface area contributed by atoms with Crippen LogP contribution in [0.1, 0.15) is 22.8 Å². The molecule has 0 aliphatic carbocycles. The molecule has 2 rings (SSSR count). The van der Waals surface area contributed by atoms with Crippen molar-refractivity contribution in [3.05, 3.63) is 59.4 Å². The SMILES string of the molecule is C=CCNC(=NCc1ccc(F)cc1CSC)NCc1nnc(C)n1C.I. The molecule has 0 aliphatic heterocycles. The van der Waals surface area contributed by atoms with Gasteiger partial charge in [-0.3, -0.25) is 0 Å². The van der Waals surface area contributed by atoms with E-state index in [1.54, 1.807) is 30.0 Å². The van der Waals surface area contributed by atoms with Crippen LogP contribution in [0.2, 0.25) is 0 Å². The number of halogens is 2. The lowest BCUT2D eigenvalue weighted by Crippen LogP contribution is -2.37. The van der Waals surface area contributed by atoms with E-state index in [9.17, 15) is 4.39 Å². The Kier molecular flexibility index (Phi) is 10.4. The molecular weight excluding hydrogens is 478 g/mol. The van der Waals surface area contributed by atoms with Crippen molar-refractivity contribution in [2.24, 2.45) is 12.0 Å². The van der Waals surface area contributed by atoms with Gasteiger partial charge in [0.1, 0.15) is 11.6 Å². The first-order chi connectivity index (χ1) is 12.5. The Morgan fingerprint density at radius 1 is 1.33 bits per heavy atom. The van der Waals surface area contributed by atoms with E-state index < -0.39 is 0 Å². The lowest BCUT2D eigenvalue weighted by Gasteiger charge is -2.12. The summed E-state index contributed by atoms with van der Waals surface area (Å²) >= 11 is 1.66. The fourth-order valence-electron chi connectivity index (χ4n) is 2.31. The van der Waals surface area contributed by atoms with E-state index in [1.807, 2.05) is 24.8 Å². The van der Waals surface area contributed by atoms with Crippen molar-refractivity contribution < 1.29 is 4.39 Å². The van der Waals surface area contributed by atoms with Crippen LogP contribution in [0.25, 0.3) is 0 Å². The van der Waals surface area contributed by atoms with Crippen molar-refractivity contribution in [1.82, 2.24) is 25.4 Å². The number of hydrogen-bond acceptors (Lipinski definition) is 4. The third-order valence-electron chi connectivity index (χ3n) is 3.89. The van der Waals surface area contributed by atoms with Crippen LogP contribution in [0.5, 0.6) is 0 Å². The number of thioether (sulfide) groups is 1. The summed E-state index contributed by atoms with van der Waals surface area (Å²) in [7, 11) is 1.92. The number of aryl methyl sites for hydroxylation is 1. The summed E-state index contributed by atoms with van der Waals surface area (Å²) in [5.74, 6) is 2.85. The van der Waals surface area contributed by atoms with Gasteiger partial charge in [0.05, 0.1) is 13.1 Å². The maximum atomic E-state index is 13.5. The second-order valence-corrected chi connectivity index (χ2v) is 6.62. The summed E-state index contributed by atoms with van der Waals surface area (Å²) in [5, 5.41) is 14.6. The van der Waals surface area contributed by atoms with Gasteiger partial charge in [-0.25, -0.2) is 9.38 Å². The zero-order chi connectivity index (χ0) is 18.9. The Morgan fingerprint density at radius 2 is 2.11 bits per heavy atom. The Bertz CT molecular complexity index is 777. The molecule has 0 unspecified atom stereocenters. The van der Waals surface area contributed by atoms with Gasteiger partial charge in [-0.15, -0.1) is 40.8 Å². The molecule has 0 saturated heterocycles.